The van der Waals surface area contributed by atoms with Crippen molar-refractivity contribution in [1.82, 2.24) is 14.9 Å². The zero-order valence-electron chi connectivity index (χ0n) is 10.9. The molecule has 1 unspecified atom stereocenters. The van der Waals surface area contributed by atoms with Crippen LogP contribution in [0.5, 0.6) is 0 Å². The minimum atomic E-state index is -0.580. The molecule has 0 saturated carbocycles. The van der Waals surface area contributed by atoms with Crippen molar-refractivity contribution in [2.75, 3.05) is 7.05 Å². The van der Waals surface area contributed by atoms with E-state index in [-0.39, 0.29) is 11.9 Å². The summed E-state index contributed by atoms with van der Waals surface area (Å²) in [6, 6.07) is 8.66. The number of benzene rings is 1. The first-order chi connectivity index (χ1) is 9.66. The van der Waals surface area contributed by atoms with E-state index in [1.54, 1.807) is 25.5 Å². The quantitative estimate of drug-likeness (QED) is 0.878. The van der Waals surface area contributed by atoms with Crippen LogP contribution in [0, 0.1) is 0 Å². The maximum atomic E-state index is 12.1. The molecule has 0 fully saturated rings. The number of carbonyl (C=O) groups is 1. The molecule has 6 nitrogen and oxygen atoms in total. The number of carbonyl (C=O) groups excluding carboxylic acids is 1. The Morgan fingerprint density at radius 3 is 2.60 bits per heavy atom. The van der Waals surface area contributed by atoms with E-state index in [2.05, 4.69) is 15.0 Å². The van der Waals surface area contributed by atoms with Gasteiger partial charge in [0.15, 0.2) is 17.8 Å². The van der Waals surface area contributed by atoms with Gasteiger partial charge in [-0.15, -0.1) is 0 Å². The molecule has 0 bridgehead atoms. The zero-order valence-corrected chi connectivity index (χ0v) is 10.9. The molecule has 2 aromatic rings. The topological polar surface area (TPSA) is 84.5 Å². The van der Waals surface area contributed by atoms with Crippen molar-refractivity contribution in [1.29, 1.82) is 0 Å². The van der Waals surface area contributed by atoms with Gasteiger partial charge in [0.05, 0.1) is 0 Å². The SMILES string of the molecule is CN1C(=O)C(c2cccc(-c3ncccn3)c2)N=C1N. The van der Waals surface area contributed by atoms with Crippen LogP contribution in [0.1, 0.15) is 11.6 Å². The molecular formula is C14H13N5O. The van der Waals surface area contributed by atoms with Crippen LogP contribution in [0.25, 0.3) is 11.4 Å². The lowest BCUT2D eigenvalue weighted by molar-refractivity contribution is -0.126. The minimum Gasteiger partial charge on any atom is -0.369 e. The third kappa shape index (κ3) is 2.01. The number of aromatic nitrogens is 2. The number of guanidine groups is 1. The van der Waals surface area contributed by atoms with Gasteiger partial charge in [-0.25, -0.2) is 15.0 Å². The Morgan fingerprint density at radius 1 is 1.20 bits per heavy atom. The summed E-state index contributed by atoms with van der Waals surface area (Å²) in [5.74, 6) is 0.722. The van der Waals surface area contributed by atoms with Crippen LogP contribution >= 0.6 is 0 Å². The summed E-state index contributed by atoms with van der Waals surface area (Å²) in [6.07, 6.45) is 3.36. The Morgan fingerprint density at radius 2 is 1.95 bits per heavy atom. The lowest BCUT2D eigenvalue weighted by atomic mass is 10.0. The Labute approximate surface area is 116 Å². The highest BCUT2D eigenvalue weighted by molar-refractivity contribution is 6.04. The van der Waals surface area contributed by atoms with Crippen LogP contribution in [0.15, 0.2) is 47.7 Å². The average molecular weight is 267 g/mol. The molecule has 2 N–H and O–H groups in total. The number of rotatable bonds is 2. The largest absolute Gasteiger partial charge is 0.369 e. The van der Waals surface area contributed by atoms with Crippen LogP contribution in [-0.2, 0) is 4.79 Å². The van der Waals surface area contributed by atoms with Crippen LogP contribution in [0.3, 0.4) is 0 Å². The Kier molecular flexibility index (Phi) is 2.90. The molecule has 1 aromatic heterocycles. The summed E-state index contributed by atoms with van der Waals surface area (Å²) < 4.78 is 0. The second kappa shape index (κ2) is 4.73. The lowest BCUT2D eigenvalue weighted by Gasteiger charge is -2.10. The highest BCUT2D eigenvalue weighted by atomic mass is 16.2. The molecule has 100 valence electrons. The van der Waals surface area contributed by atoms with Crippen LogP contribution < -0.4 is 5.73 Å². The molecule has 0 saturated heterocycles. The molecule has 0 radical (unpaired) electrons. The Balaban J connectivity index is 1.99. The third-order valence-corrected chi connectivity index (χ3v) is 3.20. The van der Waals surface area contributed by atoms with Gasteiger partial charge in [-0.3, -0.25) is 9.69 Å². The van der Waals surface area contributed by atoms with Gasteiger partial charge in [-0.05, 0) is 17.7 Å². The van der Waals surface area contributed by atoms with Crippen LogP contribution in [0.4, 0.5) is 0 Å². The van der Waals surface area contributed by atoms with E-state index in [0.29, 0.717) is 5.82 Å². The van der Waals surface area contributed by atoms with Crippen molar-refractivity contribution in [3.63, 3.8) is 0 Å². The number of hydrogen-bond donors (Lipinski definition) is 1. The van der Waals surface area contributed by atoms with Gasteiger partial charge >= 0.3 is 0 Å². The highest BCUT2D eigenvalue weighted by Crippen LogP contribution is 2.27. The molecule has 3 rings (SSSR count). The maximum Gasteiger partial charge on any atom is 0.258 e. The maximum absolute atomic E-state index is 12.1. The fraction of sp³-hybridized carbons (Fsp3) is 0.143. The van der Waals surface area contributed by atoms with Gasteiger partial charge in [-0.1, -0.05) is 18.2 Å². The second-order valence-electron chi connectivity index (χ2n) is 4.48. The van der Waals surface area contributed by atoms with Crippen LogP contribution in [-0.4, -0.2) is 33.8 Å². The standard InChI is InChI=1S/C14H13N5O/c1-19-13(20)11(18-14(19)15)9-4-2-5-10(8-9)12-16-6-3-7-17-12/h2-8,11H,1H3,(H2,15,18). The summed E-state index contributed by atoms with van der Waals surface area (Å²) in [5, 5.41) is 0. The zero-order chi connectivity index (χ0) is 14.1. The summed E-state index contributed by atoms with van der Waals surface area (Å²) in [5.41, 5.74) is 7.31. The van der Waals surface area contributed by atoms with E-state index in [1.165, 1.54) is 4.90 Å². The molecule has 6 heteroatoms. The van der Waals surface area contributed by atoms with Gasteiger partial charge < -0.3 is 5.73 Å². The third-order valence-electron chi connectivity index (χ3n) is 3.20. The first-order valence-corrected chi connectivity index (χ1v) is 6.15. The summed E-state index contributed by atoms with van der Waals surface area (Å²) in [6.45, 7) is 0. The number of amides is 1. The summed E-state index contributed by atoms with van der Waals surface area (Å²) >= 11 is 0. The molecule has 20 heavy (non-hydrogen) atoms. The van der Waals surface area contributed by atoms with Crippen molar-refractivity contribution in [3.8, 4) is 11.4 Å². The van der Waals surface area contributed by atoms with E-state index in [4.69, 9.17) is 5.73 Å². The van der Waals surface area contributed by atoms with Gasteiger partial charge in [-0.2, -0.15) is 0 Å². The smallest absolute Gasteiger partial charge is 0.258 e. The number of hydrogen-bond acceptors (Lipinski definition) is 5. The van der Waals surface area contributed by atoms with Crippen molar-refractivity contribution in [2.24, 2.45) is 10.7 Å². The fourth-order valence-corrected chi connectivity index (χ4v) is 2.08. The molecule has 2 heterocycles. The number of likely N-dealkylation sites (N-methyl/N-ethyl adjacent to an activating group) is 1. The molecule has 0 aliphatic carbocycles. The average Bonchev–Trinajstić information content (AvgIpc) is 2.76. The normalized spacial score (nSPS) is 18.2. The van der Waals surface area contributed by atoms with Crippen LogP contribution in [0.2, 0.25) is 0 Å². The number of nitrogens with two attached hydrogens (primary N) is 1. The van der Waals surface area contributed by atoms with Crippen molar-refractivity contribution in [2.45, 2.75) is 6.04 Å². The van der Waals surface area contributed by atoms with Gasteiger partial charge in [0, 0.05) is 25.0 Å². The summed E-state index contributed by atoms with van der Waals surface area (Å²) in [4.78, 5) is 26.0. The van der Waals surface area contributed by atoms with E-state index in [9.17, 15) is 4.79 Å². The first kappa shape index (κ1) is 12.3. The van der Waals surface area contributed by atoms with Gasteiger partial charge in [0.25, 0.3) is 5.91 Å². The Hall–Kier alpha value is -2.76. The number of aliphatic imine (C=N–C) groups is 1. The molecule has 1 atom stereocenters. The summed E-state index contributed by atoms with van der Waals surface area (Å²) in [7, 11) is 1.62. The van der Waals surface area contributed by atoms with Crippen molar-refractivity contribution < 1.29 is 4.79 Å². The molecule has 1 aromatic carbocycles. The predicted molar refractivity (Wildman–Crippen MR) is 74.6 cm³/mol. The van der Waals surface area contributed by atoms with Gasteiger partial charge in [0.2, 0.25) is 0 Å². The lowest BCUT2D eigenvalue weighted by Crippen LogP contribution is -2.34. The molecular weight excluding hydrogens is 254 g/mol. The van der Waals surface area contributed by atoms with E-state index in [0.717, 1.165) is 11.1 Å². The predicted octanol–water partition coefficient (Wildman–Crippen LogP) is 0.971. The fourth-order valence-electron chi connectivity index (χ4n) is 2.08. The van der Waals surface area contributed by atoms with E-state index < -0.39 is 6.04 Å². The molecule has 1 amide bonds. The van der Waals surface area contributed by atoms with Crippen molar-refractivity contribution >= 4 is 11.9 Å². The number of nitrogens with zero attached hydrogens (tertiary/aromatic N) is 4. The molecule has 1 aliphatic heterocycles. The highest BCUT2D eigenvalue weighted by Gasteiger charge is 2.31. The van der Waals surface area contributed by atoms with Gasteiger partial charge in [0.1, 0.15) is 0 Å². The van der Waals surface area contributed by atoms with E-state index >= 15 is 0 Å². The molecule has 1 aliphatic rings. The second-order valence-corrected chi connectivity index (χ2v) is 4.48. The Bertz CT molecular complexity index is 683. The first-order valence-electron chi connectivity index (χ1n) is 6.15. The minimum absolute atomic E-state index is 0.131. The van der Waals surface area contributed by atoms with E-state index in [1.807, 2.05) is 24.3 Å². The monoisotopic (exact) mass is 267 g/mol. The molecule has 0 spiro atoms. The van der Waals surface area contributed by atoms with Crippen molar-refractivity contribution in [3.05, 3.63) is 48.3 Å².